The Hall–Kier alpha value is -2.18. The number of carbonyl (C=O) groups is 2. The van der Waals surface area contributed by atoms with E-state index in [-0.39, 0.29) is 12.3 Å². The Labute approximate surface area is 95.0 Å². The lowest BCUT2D eigenvalue weighted by Crippen LogP contribution is -2.27. The molecular weight excluding hydrogens is 234 g/mol. The highest BCUT2D eigenvalue weighted by Crippen LogP contribution is 2.21. The number of hydrogen-bond acceptors (Lipinski definition) is 3. The van der Waals surface area contributed by atoms with Gasteiger partial charge in [0.15, 0.2) is 0 Å². The van der Waals surface area contributed by atoms with E-state index in [9.17, 15) is 18.4 Å². The maximum atomic E-state index is 11.9. The van der Waals surface area contributed by atoms with E-state index < -0.39 is 18.5 Å². The van der Waals surface area contributed by atoms with Gasteiger partial charge in [0.1, 0.15) is 12.3 Å². The zero-order valence-corrected chi connectivity index (χ0v) is 8.52. The van der Waals surface area contributed by atoms with Crippen LogP contribution < -0.4 is 15.0 Å². The monoisotopic (exact) mass is 242 g/mol. The molecule has 0 spiro atoms. The molecule has 1 heterocycles. The van der Waals surface area contributed by atoms with Gasteiger partial charge in [0.25, 0.3) is 0 Å². The summed E-state index contributed by atoms with van der Waals surface area (Å²) in [6.45, 7) is -2.97. The van der Waals surface area contributed by atoms with E-state index in [4.69, 9.17) is 0 Å². The van der Waals surface area contributed by atoms with Crippen LogP contribution in [0.5, 0.6) is 5.75 Å². The Balaban J connectivity index is 2.13. The molecule has 3 amide bonds. The summed E-state index contributed by atoms with van der Waals surface area (Å²) < 4.78 is 27.9. The van der Waals surface area contributed by atoms with Crippen molar-refractivity contribution in [3.05, 3.63) is 24.3 Å². The molecule has 0 radical (unpaired) electrons. The van der Waals surface area contributed by atoms with Crippen LogP contribution >= 0.6 is 0 Å². The highest BCUT2D eigenvalue weighted by Gasteiger charge is 2.27. The second kappa shape index (κ2) is 4.36. The number of benzene rings is 1. The summed E-state index contributed by atoms with van der Waals surface area (Å²) in [5.41, 5.74) is 0.440. The van der Waals surface area contributed by atoms with Crippen LogP contribution in [-0.2, 0) is 4.79 Å². The largest absolute Gasteiger partial charge is 0.435 e. The van der Waals surface area contributed by atoms with Crippen LogP contribution in [0.1, 0.15) is 0 Å². The number of anilines is 1. The fourth-order valence-electron chi connectivity index (χ4n) is 1.46. The van der Waals surface area contributed by atoms with Gasteiger partial charge in [0.2, 0.25) is 5.91 Å². The van der Waals surface area contributed by atoms with Gasteiger partial charge in [-0.3, -0.25) is 15.0 Å². The molecule has 0 saturated carbocycles. The van der Waals surface area contributed by atoms with Crippen LogP contribution in [0.3, 0.4) is 0 Å². The van der Waals surface area contributed by atoms with Gasteiger partial charge in [-0.05, 0) is 24.3 Å². The van der Waals surface area contributed by atoms with Crippen molar-refractivity contribution >= 4 is 17.6 Å². The molecule has 17 heavy (non-hydrogen) atoms. The zero-order valence-electron chi connectivity index (χ0n) is 8.52. The molecule has 1 aliphatic heterocycles. The van der Waals surface area contributed by atoms with Gasteiger partial charge >= 0.3 is 12.6 Å². The minimum absolute atomic E-state index is 0.00492. The van der Waals surface area contributed by atoms with Crippen molar-refractivity contribution in [2.45, 2.75) is 6.61 Å². The quantitative estimate of drug-likeness (QED) is 0.814. The van der Waals surface area contributed by atoms with E-state index in [1.807, 2.05) is 0 Å². The van der Waals surface area contributed by atoms with Gasteiger partial charge in [0, 0.05) is 5.69 Å². The molecule has 1 saturated heterocycles. The lowest BCUT2D eigenvalue weighted by molar-refractivity contribution is -0.117. The first kappa shape index (κ1) is 11.3. The average Bonchev–Trinajstić information content (AvgIpc) is 2.58. The van der Waals surface area contributed by atoms with Gasteiger partial charge in [-0.15, -0.1) is 0 Å². The lowest BCUT2D eigenvalue weighted by Gasteiger charge is -2.13. The van der Waals surface area contributed by atoms with Crippen LogP contribution in [0, 0.1) is 0 Å². The first-order valence-corrected chi connectivity index (χ1v) is 4.72. The van der Waals surface area contributed by atoms with Crippen molar-refractivity contribution in [2.24, 2.45) is 0 Å². The first-order chi connectivity index (χ1) is 8.06. The molecule has 5 nitrogen and oxygen atoms in total. The zero-order chi connectivity index (χ0) is 12.4. The summed E-state index contributed by atoms with van der Waals surface area (Å²) in [5, 5.41) is 2.11. The third-order valence-corrected chi connectivity index (χ3v) is 2.17. The summed E-state index contributed by atoms with van der Waals surface area (Å²) in [7, 11) is 0. The van der Waals surface area contributed by atoms with Crippen molar-refractivity contribution in [1.82, 2.24) is 5.32 Å². The molecule has 0 unspecified atom stereocenters. The Bertz CT molecular complexity index is 447. The number of carbonyl (C=O) groups excluding carboxylic acids is 2. The van der Waals surface area contributed by atoms with Crippen molar-refractivity contribution in [3.8, 4) is 5.75 Å². The normalized spacial score (nSPS) is 15.4. The number of nitrogens with one attached hydrogen (secondary N) is 1. The minimum atomic E-state index is -2.89. The number of hydrogen-bond donors (Lipinski definition) is 1. The van der Waals surface area contributed by atoms with E-state index in [0.29, 0.717) is 5.69 Å². The molecule has 0 atom stereocenters. The van der Waals surface area contributed by atoms with E-state index in [1.54, 1.807) is 0 Å². The van der Waals surface area contributed by atoms with E-state index >= 15 is 0 Å². The van der Waals surface area contributed by atoms with Crippen LogP contribution in [0.4, 0.5) is 19.3 Å². The van der Waals surface area contributed by atoms with Gasteiger partial charge < -0.3 is 4.74 Å². The molecule has 1 aromatic rings. The Morgan fingerprint density at radius 3 is 2.35 bits per heavy atom. The third kappa shape index (κ3) is 2.49. The summed E-state index contributed by atoms with van der Waals surface area (Å²) in [6, 6.07) is 4.93. The fourth-order valence-corrected chi connectivity index (χ4v) is 1.46. The highest BCUT2D eigenvalue weighted by atomic mass is 19.3. The van der Waals surface area contributed by atoms with Crippen LogP contribution in [0.25, 0.3) is 0 Å². The third-order valence-electron chi connectivity index (χ3n) is 2.17. The maximum Gasteiger partial charge on any atom is 0.387 e. The van der Waals surface area contributed by atoms with Crippen molar-refractivity contribution in [2.75, 3.05) is 11.4 Å². The standard InChI is InChI=1S/C10H8F2N2O3/c11-9(12)17-7-3-1-6(2-4-7)14-5-8(15)13-10(14)16/h1-4,9H,5H2,(H,13,15,16). The number of alkyl halides is 2. The Kier molecular flexibility index (Phi) is 2.90. The first-order valence-electron chi connectivity index (χ1n) is 4.72. The molecule has 0 aliphatic carbocycles. The van der Waals surface area contributed by atoms with E-state index in [1.165, 1.54) is 29.2 Å². The fraction of sp³-hybridized carbons (Fsp3) is 0.200. The SMILES string of the molecule is O=C1CN(c2ccc(OC(F)F)cc2)C(=O)N1. The maximum absolute atomic E-state index is 11.9. The predicted molar refractivity (Wildman–Crippen MR) is 54.0 cm³/mol. The molecular formula is C10H8F2N2O3. The number of urea groups is 1. The van der Waals surface area contributed by atoms with E-state index in [2.05, 4.69) is 10.1 Å². The van der Waals surface area contributed by atoms with Crippen LogP contribution in [0.15, 0.2) is 24.3 Å². The number of nitrogens with zero attached hydrogens (tertiary/aromatic N) is 1. The van der Waals surface area contributed by atoms with Gasteiger partial charge in [-0.25, -0.2) is 4.79 Å². The second-order valence-corrected chi connectivity index (χ2v) is 3.31. The Morgan fingerprint density at radius 1 is 1.24 bits per heavy atom. The molecule has 1 N–H and O–H groups in total. The highest BCUT2D eigenvalue weighted by molar-refractivity contribution is 6.12. The summed E-state index contributed by atoms with van der Waals surface area (Å²) in [5.74, 6) is -0.405. The van der Waals surface area contributed by atoms with Crippen molar-refractivity contribution in [3.63, 3.8) is 0 Å². The molecule has 0 aromatic heterocycles. The second-order valence-electron chi connectivity index (χ2n) is 3.31. The molecule has 0 bridgehead atoms. The van der Waals surface area contributed by atoms with E-state index in [0.717, 1.165) is 0 Å². The lowest BCUT2D eigenvalue weighted by atomic mass is 10.3. The average molecular weight is 242 g/mol. The molecule has 90 valence electrons. The summed E-state index contributed by atoms with van der Waals surface area (Å²) >= 11 is 0. The predicted octanol–water partition coefficient (Wildman–Crippen LogP) is 1.34. The molecule has 1 fully saturated rings. The van der Waals surface area contributed by atoms with Crippen LogP contribution in [0.2, 0.25) is 0 Å². The van der Waals surface area contributed by atoms with Crippen LogP contribution in [-0.4, -0.2) is 25.1 Å². The summed E-state index contributed by atoms with van der Waals surface area (Å²) in [4.78, 5) is 23.4. The minimum Gasteiger partial charge on any atom is -0.435 e. The number of halogens is 2. The van der Waals surface area contributed by atoms with Gasteiger partial charge in [-0.1, -0.05) is 0 Å². The molecule has 1 aliphatic rings. The number of amides is 3. The smallest absolute Gasteiger partial charge is 0.387 e. The number of rotatable bonds is 3. The van der Waals surface area contributed by atoms with Gasteiger partial charge in [-0.2, -0.15) is 8.78 Å². The van der Waals surface area contributed by atoms with Crippen molar-refractivity contribution in [1.29, 1.82) is 0 Å². The summed E-state index contributed by atoms with van der Waals surface area (Å²) in [6.07, 6.45) is 0. The number of ether oxygens (including phenoxy) is 1. The number of imide groups is 1. The van der Waals surface area contributed by atoms with Crippen molar-refractivity contribution < 1.29 is 23.1 Å². The molecule has 1 aromatic carbocycles. The topological polar surface area (TPSA) is 58.6 Å². The van der Waals surface area contributed by atoms with Gasteiger partial charge in [0.05, 0.1) is 0 Å². The Morgan fingerprint density at radius 2 is 1.88 bits per heavy atom. The molecule has 2 rings (SSSR count). The molecule has 7 heteroatoms.